The van der Waals surface area contributed by atoms with Gasteiger partial charge in [-0.3, -0.25) is 0 Å². The molecular weight excluding hydrogens is 482 g/mol. The number of benzene rings is 1. The first-order chi connectivity index (χ1) is 16.4. The normalized spacial score (nSPS) is 21.4. The highest BCUT2D eigenvalue weighted by Crippen LogP contribution is 2.39. The van der Waals surface area contributed by atoms with Gasteiger partial charge in [0.15, 0.2) is 14.4 Å². The van der Waals surface area contributed by atoms with Gasteiger partial charge in [-0.2, -0.15) is 0 Å². The van der Waals surface area contributed by atoms with E-state index in [4.69, 9.17) is 35.6 Å². The van der Waals surface area contributed by atoms with Crippen molar-refractivity contribution in [3.8, 4) is 0 Å². The van der Waals surface area contributed by atoms with E-state index in [1.807, 2.05) is 49.1 Å². The minimum Gasteiger partial charge on any atom is -0.467 e. The molecule has 1 unspecified atom stereocenters. The van der Waals surface area contributed by atoms with E-state index in [9.17, 15) is 4.79 Å². The number of ether oxygens (including phenoxy) is 4. The molecule has 0 N–H and O–H groups in total. The van der Waals surface area contributed by atoms with E-state index in [2.05, 4.69) is 33.9 Å². The second kappa shape index (κ2) is 13.1. The number of rotatable bonds is 11. The molecule has 0 radical (unpaired) electrons. The van der Waals surface area contributed by atoms with Crippen LogP contribution in [0.2, 0.25) is 18.1 Å². The van der Waals surface area contributed by atoms with Crippen molar-refractivity contribution >= 4 is 31.7 Å². The summed E-state index contributed by atoms with van der Waals surface area (Å²) in [6.45, 7) is 17.0. The lowest BCUT2D eigenvalue weighted by Gasteiger charge is -2.39. The van der Waals surface area contributed by atoms with E-state index in [1.54, 1.807) is 0 Å². The highest BCUT2D eigenvalue weighted by molar-refractivity contribution is 7.80. The van der Waals surface area contributed by atoms with E-state index >= 15 is 0 Å². The Hall–Kier alpha value is -1.52. The molecule has 0 amide bonds. The van der Waals surface area contributed by atoms with Gasteiger partial charge in [0.05, 0.1) is 26.4 Å². The molecule has 1 saturated heterocycles. The Morgan fingerprint density at radius 3 is 2.37 bits per heavy atom. The maximum absolute atomic E-state index is 12.8. The lowest BCUT2D eigenvalue weighted by molar-refractivity contribution is -0.158. The van der Waals surface area contributed by atoms with Crippen molar-refractivity contribution in [3.05, 3.63) is 35.9 Å². The fourth-order valence-electron chi connectivity index (χ4n) is 3.65. The fraction of sp³-hybridized carbons (Fsp3) is 0.692. The summed E-state index contributed by atoms with van der Waals surface area (Å²) in [5.74, 6) is -0.434. The second-order valence-electron chi connectivity index (χ2n) is 10.4. The number of hydrogen-bond donors (Lipinski definition) is 0. The maximum Gasteiger partial charge on any atom is 0.336 e. The van der Waals surface area contributed by atoms with Crippen LogP contribution in [-0.2, 0) is 34.8 Å². The van der Waals surface area contributed by atoms with Crippen LogP contribution in [0, 0.1) is 0 Å². The topological polar surface area (TPSA) is 66.5 Å². The molecule has 1 aromatic carbocycles. The highest BCUT2D eigenvalue weighted by Gasteiger charge is 2.49. The summed E-state index contributed by atoms with van der Waals surface area (Å²) in [7, 11) is -0.898. The van der Waals surface area contributed by atoms with Crippen LogP contribution in [0.1, 0.15) is 46.6 Å². The molecule has 0 bridgehead atoms. The highest BCUT2D eigenvalue weighted by atomic mass is 32.1. The molecule has 2 rings (SSSR count). The third-order valence-corrected chi connectivity index (χ3v) is 11.7. The summed E-state index contributed by atoms with van der Waals surface area (Å²) >= 11 is 5.56. The molecule has 35 heavy (non-hydrogen) atoms. The van der Waals surface area contributed by atoms with Gasteiger partial charge >= 0.3 is 5.97 Å². The van der Waals surface area contributed by atoms with Gasteiger partial charge in [-0.05, 0) is 49.8 Å². The summed E-state index contributed by atoms with van der Waals surface area (Å²) in [5, 5.41) is 0.355. The molecule has 0 saturated carbocycles. The molecule has 0 aromatic heterocycles. The Balaban J connectivity index is 2.20. The van der Waals surface area contributed by atoms with Gasteiger partial charge in [-0.25, -0.2) is 4.79 Å². The van der Waals surface area contributed by atoms with Gasteiger partial charge in [0, 0.05) is 19.5 Å². The number of hydrogen-bond acceptors (Lipinski definition) is 7. The molecule has 1 heterocycles. The van der Waals surface area contributed by atoms with Crippen LogP contribution >= 0.6 is 12.2 Å². The van der Waals surface area contributed by atoms with Crippen molar-refractivity contribution in [1.82, 2.24) is 4.90 Å². The van der Waals surface area contributed by atoms with E-state index in [-0.39, 0.29) is 11.1 Å². The van der Waals surface area contributed by atoms with Crippen molar-refractivity contribution in [3.63, 3.8) is 0 Å². The van der Waals surface area contributed by atoms with Crippen LogP contribution in [0.5, 0.6) is 0 Å². The predicted octanol–water partition coefficient (Wildman–Crippen LogP) is 4.94. The average molecular weight is 526 g/mol. The molecule has 7 nitrogen and oxygen atoms in total. The van der Waals surface area contributed by atoms with Crippen molar-refractivity contribution < 1.29 is 28.2 Å². The zero-order valence-corrected chi connectivity index (χ0v) is 24.4. The van der Waals surface area contributed by atoms with Gasteiger partial charge in [-0.1, -0.05) is 51.1 Å². The Bertz CT molecular complexity index is 812. The summed E-state index contributed by atoms with van der Waals surface area (Å²) in [5.41, 5.74) is 1.08. The van der Waals surface area contributed by atoms with Crippen LogP contribution in [0.25, 0.3) is 0 Å². The number of carbonyl (C=O) groups is 1. The third-order valence-electron chi connectivity index (χ3n) is 6.90. The summed E-state index contributed by atoms with van der Waals surface area (Å²) < 4.78 is 30.2. The Labute approximate surface area is 217 Å². The third kappa shape index (κ3) is 8.25. The van der Waals surface area contributed by atoms with Gasteiger partial charge in [0.25, 0.3) is 5.17 Å². The minimum atomic E-state index is -2.28. The first-order valence-electron chi connectivity index (χ1n) is 12.4. The Morgan fingerprint density at radius 1 is 1.20 bits per heavy atom. The average Bonchev–Trinajstić information content (AvgIpc) is 3.19. The van der Waals surface area contributed by atoms with Crippen LogP contribution < -0.4 is 0 Å². The van der Waals surface area contributed by atoms with E-state index in [0.29, 0.717) is 24.8 Å². The van der Waals surface area contributed by atoms with E-state index in [1.165, 1.54) is 7.11 Å². The predicted molar refractivity (Wildman–Crippen MR) is 144 cm³/mol. The fourth-order valence-corrected chi connectivity index (χ4v) is 5.27. The SMILES string of the molecule is CCN(CC)C(=S)O[C@H]1C[C@H](C(O[Si](C)(C)C(C)(C)C)C(=O)OC)O[C@@H]1COCc1ccccc1. The molecule has 1 aromatic rings. The molecule has 1 aliphatic rings. The van der Waals surface area contributed by atoms with Crippen LogP contribution in [0.4, 0.5) is 0 Å². The standard InChI is InChI=1S/C26H43NO6SSi/c1-9-27(10-2)25(34)32-20-16-21(23(24(28)29-6)33-35(7,8)26(3,4)5)31-22(20)18-30-17-19-14-12-11-13-15-19/h11-15,20-23H,9-10,16-18H2,1-8H3/t20-,21+,22+,23?/m0/s1. The molecule has 4 atom stereocenters. The molecule has 0 spiro atoms. The molecule has 198 valence electrons. The van der Waals surface area contributed by atoms with Crippen LogP contribution in [0.3, 0.4) is 0 Å². The molecule has 9 heteroatoms. The zero-order valence-electron chi connectivity index (χ0n) is 22.5. The minimum absolute atomic E-state index is 0.0731. The quantitative estimate of drug-likeness (QED) is 0.229. The van der Waals surface area contributed by atoms with Crippen molar-refractivity contribution in [2.24, 2.45) is 0 Å². The summed E-state index contributed by atoms with van der Waals surface area (Å²) in [6, 6.07) is 9.97. The molecule has 1 aliphatic heterocycles. The van der Waals surface area contributed by atoms with Gasteiger partial charge in [0.1, 0.15) is 12.2 Å². The lowest BCUT2D eigenvalue weighted by atomic mass is 10.1. The van der Waals surface area contributed by atoms with Crippen LogP contribution in [0.15, 0.2) is 30.3 Å². The number of esters is 1. The second-order valence-corrected chi connectivity index (χ2v) is 15.5. The van der Waals surface area contributed by atoms with Crippen molar-refractivity contribution in [1.29, 1.82) is 0 Å². The zero-order chi connectivity index (χ0) is 26.2. The van der Waals surface area contributed by atoms with Crippen molar-refractivity contribution in [2.75, 3.05) is 26.8 Å². The van der Waals surface area contributed by atoms with Gasteiger partial charge in [-0.15, -0.1) is 0 Å². The number of thiocarbonyl (C=S) groups is 1. The molecule has 0 aliphatic carbocycles. The first kappa shape index (κ1) is 29.7. The Kier molecular flexibility index (Phi) is 11.2. The maximum atomic E-state index is 12.8. The smallest absolute Gasteiger partial charge is 0.336 e. The lowest BCUT2D eigenvalue weighted by Crippen LogP contribution is -2.50. The molecular formula is C26H43NO6SSi. The number of nitrogens with zero attached hydrogens (tertiary/aromatic N) is 1. The Morgan fingerprint density at radius 2 is 1.83 bits per heavy atom. The van der Waals surface area contributed by atoms with Gasteiger partial charge in [0.2, 0.25) is 0 Å². The van der Waals surface area contributed by atoms with Gasteiger partial charge < -0.3 is 28.3 Å². The number of methoxy groups -OCH3 is 1. The van der Waals surface area contributed by atoms with Crippen LogP contribution in [-0.4, -0.2) is 75.6 Å². The number of carbonyl (C=O) groups excluding carboxylic acids is 1. The van der Waals surface area contributed by atoms with E-state index < -0.39 is 32.6 Å². The summed E-state index contributed by atoms with van der Waals surface area (Å²) in [4.78, 5) is 14.8. The summed E-state index contributed by atoms with van der Waals surface area (Å²) in [6.07, 6.45) is -1.67. The van der Waals surface area contributed by atoms with Crippen molar-refractivity contribution in [2.45, 2.75) is 90.2 Å². The monoisotopic (exact) mass is 525 g/mol. The first-order valence-corrected chi connectivity index (χ1v) is 15.7. The van der Waals surface area contributed by atoms with E-state index in [0.717, 1.165) is 18.7 Å². The largest absolute Gasteiger partial charge is 0.467 e. The molecule has 1 fully saturated rings.